The van der Waals surface area contributed by atoms with Gasteiger partial charge in [0.05, 0.1) is 0 Å². The van der Waals surface area contributed by atoms with Crippen LogP contribution in [-0.4, -0.2) is 25.4 Å². The standard InChI is InChI=1S/C10H13NO4/c1-14-9(15-2)7-3-5-8(6-4-7)11-10(12)13/h3-6,9,11H,1-2H3,(H,12,13). The summed E-state index contributed by atoms with van der Waals surface area (Å²) in [6, 6.07) is 6.77. The van der Waals surface area contributed by atoms with Gasteiger partial charge in [-0.05, 0) is 12.1 Å². The number of amides is 1. The second-order valence-corrected chi connectivity index (χ2v) is 2.86. The van der Waals surface area contributed by atoms with E-state index in [2.05, 4.69) is 5.32 Å². The van der Waals surface area contributed by atoms with E-state index in [1.165, 1.54) is 14.2 Å². The van der Waals surface area contributed by atoms with Crippen molar-refractivity contribution in [1.29, 1.82) is 0 Å². The Bertz CT molecular complexity index is 319. The van der Waals surface area contributed by atoms with Crippen molar-refractivity contribution in [3.05, 3.63) is 29.8 Å². The van der Waals surface area contributed by atoms with E-state index in [1.807, 2.05) is 0 Å². The van der Waals surface area contributed by atoms with Gasteiger partial charge in [-0.3, -0.25) is 5.32 Å². The molecular weight excluding hydrogens is 198 g/mol. The molecule has 1 rings (SSSR count). The van der Waals surface area contributed by atoms with E-state index >= 15 is 0 Å². The van der Waals surface area contributed by atoms with E-state index in [0.717, 1.165) is 5.56 Å². The van der Waals surface area contributed by atoms with E-state index in [9.17, 15) is 4.79 Å². The first kappa shape index (κ1) is 11.5. The summed E-state index contributed by atoms with van der Waals surface area (Å²) in [6.07, 6.45) is -1.51. The van der Waals surface area contributed by atoms with Crippen molar-refractivity contribution in [1.82, 2.24) is 0 Å². The summed E-state index contributed by atoms with van der Waals surface area (Å²) in [4.78, 5) is 10.3. The largest absolute Gasteiger partial charge is 0.465 e. The summed E-state index contributed by atoms with van der Waals surface area (Å²) in [7, 11) is 3.08. The minimum atomic E-state index is -1.09. The van der Waals surface area contributed by atoms with E-state index in [0.29, 0.717) is 5.69 Å². The Morgan fingerprint density at radius 2 is 1.80 bits per heavy atom. The predicted octanol–water partition coefficient (Wildman–Crippen LogP) is 2.07. The Morgan fingerprint density at radius 3 is 2.20 bits per heavy atom. The Kier molecular flexibility index (Phi) is 4.08. The van der Waals surface area contributed by atoms with Crippen molar-refractivity contribution in [3.8, 4) is 0 Å². The third-order valence-corrected chi connectivity index (χ3v) is 1.86. The highest BCUT2D eigenvalue weighted by atomic mass is 16.7. The molecule has 0 saturated carbocycles. The number of carbonyl (C=O) groups is 1. The van der Waals surface area contributed by atoms with Gasteiger partial charge in [0.25, 0.3) is 0 Å². The van der Waals surface area contributed by atoms with Crippen LogP contribution >= 0.6 is 0 Å². The van der Waals surface area contributed by atoms with E-state index < -0.39 is 12.4 Å². The minimum Gasteiger partial charge on any atom is -0.465 e. The van der Waals surface area contributed by atoms with E-state index in [-0.39, 0.29) is 0 Å². The molecule has 0 radical (unpaired) electrons. The zero-order valence-electron chi connectivity index (χ0n) is 8.56. The lowest BCUT2D eigenvalue weighted by Crippen LogP contribution is -2.08. The predicted molar refractivity (Wildman–Crippen MR) is 54.8 cm³/mol. The van der Waals surface area contributed by atoms with Gasteiger partial charge in [-0.25, -0.2) is 4.79 Å². The summed E-state index contributed by atoms with van der Waals surface area (Å²) < 4.78 is 10.1. The zero-order chi connectivity index (χ0) is 11.3. The van der Waals surface area contributed by atoms with Crippen molar-refractivity contribution < 1.29 is 19.4 Å². The molecule has 82 valence electrons. The molecule has 0 aliphatic rings. The first-order valence-electron chi connectivity index (χ1n) is 4.33. The molecule has 0 aliphatic heterocycles. The minimum absolute atomic E-state index is 0.427. The number of hydrogen-bond acceptors (Lipinski definition) is 3. The van der Waals surface area contributed by atoms with Crippen LogP contribution in [0.15, 0.2) is 24.3 Å². The summed E-state index contributed by atoms with van der Waals surface area (Å²) in [5, 5.41) is 10.7. The van der Waals surface area contributed by atoms with E-state index in [4.69, 9.17) is 14.6 Å². The maximum absolute atomic E-state index is 10.3. The molecule has 1 aromatic rings. The fraction of sp³-hybridized carbons (Fsp3) is 0.300. The Hall–Kier alpha value is -1.59. The number of nitrogens with one attached hydrogen (secondary N) is 1. The summed E-state index contributed by atoms with van der Waals surface area (Å²) in [5.74, 6) is 0. The summed E-state index contributed by atoms with van der Waals surface area (Å²) in [6.45, 7) is 0. The van der Waals surface area contributed by atoms with Crippen molar-refractivity contribution in [2.75, 3.05) is 19.5 Å². The van der Waals surface area contributed by atoms with Crippen LogP contribution in [0.1, 0.15) is 11.9 Å². The molecule has 0 heterocycles. The molecule has 0 spiro atoms. The van der Waals surface area contributed by atoms with Gasteiger partial charge in [0.15, 0.2) is 6.29 Å². The molecule has 5 heteroatoms. The second-order valence-electron chi connectivity index (χ2n) is 2.86. The monoisotopic (exact) mass is 211 g/mol. The third kappa shape index (κ3) is 3.23. The molecule has 1 amide bonds. The first-order chi connectivity index (χ1) is 7.17. The van der Waals surface area contributed by atoms with Crippen molar-refractivity contribution >= 4 is 11.8 Å². The topological polar surface area (TPSA) is 67.8 Å². The van der Waals surface area contributed by atoms with Crippen LogP contribution in [0.2, 0.25) is 0 Å². The van der Waals surface area contributed by atoms with Crippen molar-refractivity contribution in [3.63, 3.8) is 0 Å². The van der Waals surface area contributed by atoms with Crippen LogP contribution in [0.25, 0.3) is 0 Å². The maximum Gasteiger partial charge on any atom is 0.409 e. The number of ether oxygens (including phenoxy) is 2. The molecule has 5 nitrogen and oxygen atoms in total. The Labute approximate surface area is 87.6 Å². The number of hydrogen-bond donors (Lipinski definition) is 2. The van der Waals surface area contributed by atoms with E-state index in [1.54, 1.807) is 24.3 Å². The van der Waals surface area contributed by atoms with Gasteiger partial charge in [0.2, 0.25) is 0 Å². The molecule has 0 bridgehead atoms. The van der Waals surface area contributed by atoms with Gasteiger partial charge < -0.3 is 14.6 Å². The van der Waals surface area contributed by atoms with Crippen LogP contribution in [-0.2, 0) is 9.47 Å². The lowest BCUT2D eigenvalue weighted by Gasteiger charge is -2.13. The number of methoxy groups -OCH3 is 2. The Balaban J connectivity index is 2.75. The molecule has 2 N–H and O–H groups in total. The second kappa shape index (κ2) is 5.33. The molecule has 1 aromatic carbocycles. The normalized spacial score (nSPS) is 10.3. The molecular formula is C10H13NO4. The fourth-order valence-corrected chi connectivity index (χ4v) is 1.22. The van der Waals surface area contributed by atoms with Crippen LogP contribution < -0.4 is 5.32 Å². The molecule has 0 saturated heterocycles. The van der Waals surface area contributed by atoms with Gasteiger partial charge in [-0.1, -0.05) is 12.1 Å². The molecule has 0 aliphatic carbocycles. The van der Waals surface area contributed by atoms with Gasteiger partial charge in [0.1, 0.15) is 0 Å². The molecule has 0 unspecified atom stereocenters. The molecule has 15 heavy (non-hydrogen) atoms. The zero-order valence-corrected chi connectivity index (χ0v) is 8.56. The number of carboxylic acid groups (broad SMARTS) is 1. The molecule has 0 fully saturated rings. The SMILES string of the molecule is COC(OC)c1ccc(NC(=O)O)cc1. The van der Waals surface area contributed by atoms with Crippen LogP contribution in [0.3, 0.4) is 0 Å². The molecule has 0 atom stereocenters. The van der Waals surface area contributed by atoms with Crippen LogP contribution in [0, 0.1) is 0 Å². The summed E-state index contributed by atoms with van der Waals surface area (Å²) in [5.41, 5.74) is 1.34. The number of anilines is 1. The van der Waals surface area contributed by atoms with Crippen LogP contribution in [0.4, 0.5) is 10.5 Å². The average Bonchev–Trinajstić information content (AvgIpc) is 2.21. The Morgan fingerprint density at radius 1 is 1.27 bits per heavy atom. The smallest absolute Gasteiger partial charge is 0.409 e. The fourth-order valence-electron chi connectivity index (χ4n) is 1.22. The van der Waals surface area contributed by atoms with Gasteiger partial charge in [0, 0.05) is 25.5 Å². The lowest BCUT2D eigenvalue weighted by molar-refractivity contribution is -0.106. The number of benzene rings is 1. The van der Waals surface area contributed by atoms with Gasteiger partial charge in [-0.2, -0.15) is 0 Å². The third-order valence-electron chi connectivity index (χ3n) is 1.86. The quantitative estimate of drug-likeness (QED) is 0.748. The lowest BCUT2D eigenvalue weighted by atomic mass is 10.2. The maximum atomic E-state index is 10.3. The van der Waals surface area contributed by atoms with Crippen LogP contribution in [0.5, 0.6) is 0 Å². The highest BCUT2D eigenvalue weighted by molar-refractivity contribution is 5.82. The first-order valence-corrected chi connectivity index (χ1v) is 4.33. The summed E-state index contributed by atoms with van der Waals surface area (Å²) >= 11 is 0. The highest BCUT2D eigenvalue weighted by Crippen LogP contribution is 2.19. The average molecular weight is 211 g/mol. The van der Waals surface area contributed by atoms with Crippen molar-refractivity contribution in [2.24, 2.45) is 0 Å². The number of rotatable bonds is 4. The van der Waals surface area contributed by atoms with Gasteiger partial charge in [-0.15, -0.1) is 0 Å². The molecule has 0 aromatic heterocycles. The van der Waals surface area contributed by atoms with Crippen molar-refractivity contribution in [2.45, 2.75) is 6.29 Å². The highest BCUT2D eigenvalue weighted by Gasteiger charge is 2.08. The van der Waals surface area contributed by atoms with Gasteiger partial charge >= 0.3 is 6.09 Å².